The number of carbonyl (C=O) groups excluding carboxylic acids is 1. The van der Waals surface area contributed by atoms with E-state index in [0.717, 1.165) is 73.4 Å². The first kappa shape index (κ1) is 23.6. The van der Waals surface area contributed by atoms with Gasteiger partial charge >= 0.3 is 0 Å². The van der Waals surface area contributed by atoms with Gasteiger partial charge in [-0.05, 0) is 19.1 Å². The number of ether oxygens (including phenoxy) is 1. The molecule has 2 saturated heterocycles. The van der Waals surface area contributed by atoms with E-state index in [0.29, 0.717) is 25.4 Å². The fourth-order valence-corrected chi connectivity index (χ4v) is 5.10. The van der Waals surface area contributed by atoms with Crippen LogP contribution in [0.15, 0.2) is 42.6 Å². The largest absolute Gasteiger partial charge is 0.378 e. The number of piperazine rings is 1. The summed E-state index contributed by atoms with van der Waals surface area (Å²) in [6.45, 7) is 10.6. The van der Waals surface area contributed by atoms with Crippen LogP contribution < -0.4 is 4.90 Å². The number of nitrogens with zero attached hydrogens (tertiary/aromatic N) is 7. The number of imidazole rings is 1. The molecule has 0 unspecified atom stereocenters. The van der Waals surface area contributed by atoms with E-state index >= 15 is 0 Å². The maximum atomic E-state index is 11.7. The van der Waals surface area contributed by atoms with Crippen molar-refractivity contribution in [2.24, 2.45) is 0 Å². The van der Waals surface area contributed by atoms with Crippen LogP contribution in [0.3, 0.4) is 0 Å². The first-order valence-corrected chi connectivity index (χ1v) is 12.9. The van der Waals surface area contributed by atoms with Crippen molar-refractivity contribution in [1.29, 1.82) is 0 Å². The number of amides is 1. The Labute approximate surface area is 215 Å². The summed E-state index contributed by atoms with van der Waals surface area (Å²) in [6, 6.07) is 12.5. The number of rotatable bonds is 5. The number of benzene rings is 1. The van der Waals surface area contributed by atoms with E-state index in [4.69, 9.17) is 19.8 Å². The second-order valence-electron chi connectivity index (χ2n) is 9.78. The van der Waals surface area contributed by atoms with Gasteiger partial charge in [0.1, 0.15) is 11.3 Å². The van der Waals surface area contributed by atoms with Crippen LogP contribution in [0.4, 0.5) is 5.69 Å². The predicted molar refractivity (Wildman–Crippen MR) is 142 cm³/mol. The molecule has 3 aromatic heterocycles. The molecule has 2 aliphatic rings. The number of hydrogen-bond donors (Lipinski definition) is 1. The van der Waals surface area contributed by atoms with Gasteiger partial charge in [-0.2, -0.15) is 5.10 Å². The molecule has 192 valence electrons. The fourth-order valence-electron chi connectivity index (χ4n) is 5.10. The third kappa shape index (κ3) is 4.94. The van der Waals surface area contributed by atoms with Crippen LogP contribution in [0.25, 0.3) is 28.2 Å². The van der Waals surface area contributed by atoms with Gasteiger partial charge in [0.15, 0.2) is 11.5 Å². The number of carbonyl (C=O) groups is 1. The van der Waals surface area contributed by atoms with Gasteiger partial charge in [0.2, 0.25) is 5.91 Å². The van der Waals surface area contributed by atoms with E-state index in [1.54, 1.807) is 6.92 Å². The van der Waals surface area contributed by atoms with Crippen molar-refractivity contribution in [3.05, 3.63) is 54.0 Å². The smallest absolute Gasteiger partial charge is 0.219 e. The van der Waals surface area contributed by atoms with Crippen molar-refractivity contribution in [1.82, 2.24) is 34.5 Å². The van der Waals surface area contributed by atoms with Crippen molar-refractivity contribution < 1.29 is 9.53 Å². The zero-order valence-electron chi connectivity index (χ0n) is 21.4. The number of pyridine rings is 1. The second kappa shape index (κ2) is 9.95. The fraction of sp³-hybridized carbons (Fsp3) is 0.407. The Hall–Kier alpha value is -3.76. The lowest BCUT2D eigenvalue weighted by atomic mass is 10.1. The van der Waals surface area contributed by atoms with Crippen molar-refractivity contribution in [3.8, 4) is 17.1 Å². The van der Waals surface area contributed by atoms with Gasteiger partial charge in [-0.1, -0.05) is 23.8 Å². The first-order chi connectivity index (χ1) is 18.0. The molecule has 37 heavy (non-hydrogen) atoms. The van der Waals surface area contributed by atoms with E-state index in [1.165, 1.54) is 5.56 Å². The van der Waals surface area contributed by atoms with Gasteiger partial charge in [-0.25, -0.2) is 14.6 Å². The molecule has 10 heteroatoms. The molecular formula is C27H32N8O2. The third-order valence-corrected chi connectivity index (χ3v) is 7.16. The molecule has 1 N–H and O–H groups in total. The molecule has 0 radical (unpaired) electrons. The van der Waals surface area contributed by atoms with Crippen LogP contribution in [-0.4, -0.2) is 92.9 Å². The number of fused-ring (bicyclic) bond motifs is 1. The van der Waals surface area contributed by atoms with Crippen molar-refractivity contribution in [3.63, 3.8) is 0 Å². The van der Waals surface area contributed by atoms with Crippen LogP contribution in [0.1, 0.15) is 18.3 Å². The minimum atomic E-state index is 0.138. The van der Waals surface area contributed by atoms with Gasteiger partial charge in [0.05, 0.1) is 31.1 Å². The summed E-state index contributed by atoms with van der Waals surface area (Å²) >= 11 is 0. The lowest BCUT2D eigenvalue weighted by molar-refractivity contribution is -0.130. The molecule has 2 fully saturated rings. The molecular weight excluding hydrogens is 468 g/mol. The van der Waals surface area contributed by atoms with Crippen LogP contribution in [0.2, 0.25) is 0 Å². The average molecular weight is 501 g/mol. The summed E-state index contributed by atoms with van der Waals surface area (Å²) in [4.78, 5) is 31.6. The van der Waals surface area contributed by atoms with E-state index in [2.05, 4.69) is 52.0 Å². The Kier molecular flexibility index (Phi) is 6.35. The molecule has 0 aliphatic carbocycles. The maximum Gasteiger partial charge on any atom is 0.219 e. The van der Waals surface area contributed by atoms with E-state index < -0.39 is 0 Å². The van der Waals surface area contributed by atoms with Crippen molar-refractivity contribution in [2.45, 2.75) is 20.4 Å². The van der Waals surface area contributed by atoms with Crippen LogP contribution in [-0.2, 0) is 16.1 Å². The van der Waals surface area contributed by atoms with Gasteiger partial charge in [0.25, 0.3) is 0 Å². The number of hydrogen-bond acceptors (Lipinski definition) is 7. The lowest BCUT2D eigenvalue weighted by Crippen LogP contribution is -2.47. The number of aryl methyl sites for hydroxylation is 1. The highest BCUT2D eigenvalue weighted by Gasteiger charge is 2.22. The average Bonchev–Trinajstić information content (AvgIpc) is 3.56. The summed E-state index contributed by atoms with van der Waals surface area (Å²) in [5.41, 5.74) is 5.88. The molecule has 6 rings (SSSR count). The molecule has 4 aromatic rings. The number of aromatic nitrogens is 5. The van der Waals surface area contributed by atoms with Gasteiger partial charge < -0.3 is 19.5 Å². The van der Waals surface area contributed by atoms with Crippen LogP contribution in [0, 0.1) is 6.92 Å². The monoisotopic (exact) mass is 500 g/mol. The van der Waals surface area contributed by atoms with Crippen molar-refractivity contribution in [2.75, 3.05) is 57.4 Å². The summed E-state index contributed by atoms with van der Waals surface area (Å²) in [6.07, 6.45) is 1.96. The molecule has 0 saturated carbocycles. The molecule has 0 atom stereocenters. The minimum Gasteiger partial charge on any atom is -0.378 e. The number of aromatic amines is 1. The molecule has 1 aromatic carbocycles. The number of nitrogens with one attached hydrogen (secondary N) is 1. The number of morpholine rings is 1. The maximum absolute atomic E-state index is 11.7. The zero-order chi connectivity index (χ0) is 25.4. The second-order valence-corrected chi connectivity index (χ2v) is 9.78. The van der Waals surface area contributed by atoms with Crippen molar-refractivity contribution >= 4 is 22.8 Å². The lowest BCUT2D eigenvalue weighted by Gasteiger charge is -2.33. The molecule has 0 bridgehead atoms. The highest BCUT2D eigenvalue weighted by molar-refractivity contribution is 5.87. The minimum absolute atomic E-state index is 0.138. The third-order valence-electron chi connectivity index (χ3n) is 7.16. The van der Waals surface area contributed by atoms with Gasteiger partial charge in [-0.3, -0.25) is 9.69 Å². The Morgan fingerprint density at radius 1 is 1.03 bits per heavy atom. The highest BCUT2D eigenvalue weighted by Crippen LogP contribution is 2.29. The Morgan fingerprint density at radius 2 is 1.84 bits per heavy atom. The molecule has 2 aliphatic heterocycles. The van der Waals surface area contributed by atoms with Crippen LogP contribution in [0.5, 0.6) is 0 Å². The number of H-pyrrole nitrogens is 1. The van der Waals surface area contributed by atoms with E-state index in [1.807, 2.05) is 21.8 Å². The normalized spacial score (nSPS) is 17.0. The summed E-state index contributed by atoms with van der Waals surface area (Å²) in [7, 11) is 0. The molecule has 1 amide bonds. The summed E-state index contributed by atoms with van der Waals surface area (Å²) < 4.78 is 7.44. The Balaban J connectivity index is 1.32. The molecule has 10 nitrogen and oxygen atoms in total. The standard InChI is InChI=1S/C27H32N8O2/c1-19-4-3-5-21(16-19)22-6-7-35(31-22)25-17-23(34-12-14-37-15-13-34)26-27(30-25)29-24(28-26)18-32-8-10-33(11-9-32)20(2)36/h3-7,16-17H,8-15,18H2,1-2H3,(H,28,29,30). The zero-order valence-corrected chi connectivity index (χ0v) is 21.4. The summed E-state index contributed by atoms with van der Waals surface area (Å²) in [5, 5.41) is 4.84. The summed E-state index contributed by atoms with van der Waals surface area (Å²) in [5.74, 6) is 1.76. The quantitative estimate of drug-likeness (QED) is 0.450. The number of anilines is 1. The van der Waals surface area contributed by atoms with Gasteiger partial charge in [0, 0.05) is 64.0 Å². The molecule has 5 heterocycles. The van der Waals surface area contributed by atoms with Crippen LogP contribution >= 0.6 is 0 Å². The molecule has 0 spiro atoms. The first-order valence-electron chi connectivity index (χ1n) is 12.9. The predicted octanol–water partition coefficient (Wildman–Crippen LogP) is 2.62. The Bertz CT molecular complexity index is 1410. The topological polar surface area (TPSA) is 95.4 Å². The van der Waals surface area contributed by atoms with Gasteiger partial charge in [-0.15, -0.1) is 0 Å². The van der Waals surface area contributed by atoms with E-state index in [9.17, 15) is 4.79 Å². The Morgan fingerprint density at radius 3 is 2.59 bits per heavy atom. The van der Waals surface area contributed by atoms with E-state index in [-0.39, 0.29) is 5.91 Å². The highest BCUT2D eigenvalue weighted by atomic mass is 16.5. The SMILES string of the molecule is CC(=O)N1CCN(Cc2nc3nc(-n4ccc(-c5cccc(C)c5)n4)cc(N4CCOCC4)c3[nH]2)CC1.